The molecule has 0 radical (unpaired) electrons. The molecule has 2 aromatic carbocycles. The molecule has 1 aliphatic rings. The van der Waals surface area contributed by atoms with Crippen LogP contribution in [0.4, 0.5) is 5.82 Å². The Kier molecular flexibility index (Phi) is 5.07. The molecule has 0 bridgehead atoms. The van der Waals surface area contributed by atoms with Gasteiger partial charge < -0.3 is 5.11 Å². The summed E-state index contributed by atoms with van der Waals surface area (Å²) in [6.07, 6.45) is 1.80. The molecule has 28 heavy (non-hydrogen) atoms. The van der Waals surface area contributed by atoms with Gasteiger partial charge in [-0.25, -0.2) is 9.89 Å². The Hall–Kier alpha value is -2.83. The van der Waals surface area contributed by atoms with Gasteiger partial charge in [0.2, 0.25) is 11.5 Å². The van der Waals surface area contributed by atoms with E-state index in [9.17, 15) is 5.11 Å². The number of nitrogens with one attached hydrogen (secondary N) is 2. The summed E-state index contributed by atoms with van der Waals surface area (Å²) < 4.78 is 1.94. The summed E-state index contributed by atoms with van der Waals surface area (Å²) in [5.41, 5.74) is 3.02. The molecular formula is C22H23N4OS+. The fourth-order valence-corrected chi connectivity index (χ4v) is 4.57. The first-order chi connectivity index (χ1) is 13.6. The van der Waals surface area contributed by atoms with Crippen LogP contribution in [0, 0.1) is 6.92 Å². The molecule has 4 rings (SSSR count). The monoisotopic (exact) mass is 391 g/mol. The van der Waals surface area contributed by atoms with Crippen LogP contribution in [-0.2, 0) is 5.72 Å². The number of aliphatic hydroxyl groups is 1. The van der Waals surface area contributed by atoms with Crippen molar-refractivity contribution in [2.75, 3.05) is 17.6 Å². The lowest BCUT2D eigenvalue weighted by atomic mass is 9.99. The van der Waals surface area contributed by atoms with E-state index in [1.807, 2.05) is 47.9 Å². The van der Waals surface area contributed by atoms with E-state index in [4.69, 9.17) is 0 Å². The SMILES string of the molecule is C=CC[N+]1=C(Nc2cc(C)[nH]n2)SCC1(O)c1ccc(-c2ccccc2)cc1. The van der Waals surface area contributed by atoms with Crippen LogP contribution in [0.1, 0.15) is 11.3 Å². The van der Waals surface area contributed by atoms with Crippen molar-refractivity contribution in [2.24, 2.45) is 0 Å². The summed E-state index contributed by atoms with van der Waals surface area (Å²) in [7, 11) is 0. The Morgan fingerprint density at radius 1 is 1.21 bits per heavy atom. The van der Waals surface area contributed by atoms with Gasteiger partial charge in [0.05, 0.1) is 5.75 Å². The standard InChI is InChI=1S/C22H22N4OS/c1-3-13-26-21(23-20-14-16(2)24-25-20)28-15-22(26,27)19-11-9-18(10-12-19)17-7-5-4-6-8-17/h3-12,14,27H,1,13,15H2,2H3,(H,24,25)/p+1. The molecule has 0 amide bonds. The normalized spacial score (nSPS) is 19.1. The highest BCUT2D eigenvalue weighted by Crippen LogP contribution is 2.35. The fourth-order valence-electron chi connectivity index (χ4n) is 3.35. The van der Waals surface area contributed by atoms with E-state index in [0.29, 0.717) is 12.3 Å². The molecule has 5 nitrogen and oxygen atoms in total. The van der Waals surface area contributed by atoms with Crippen molar-refractivity contribution in [3.63, 3.8) is 0 Å². The van der Waals surface area contributed by atoms with Crippen molar-refractivity contribution >= 4 is 22.7 Å². The van der Waals surface area contributed by atoms with Crippen LogP contribution in [0.5, 0.6) is 0 Å². The largest absolute Gasteiger partial charge is 0.349 e. The Morgan fingerprint density at radius 2 is 1.93 bits per heavy atom. The summed E-state index contributed by atoms with van der Waals surface area (Å²) in [5.74, 6) is 1.26. The molecule has 6 heteroatoms. The Labute approximate surface area is 168 Å². The molecule has 1 atom stereocenters. The third kappa shape index (κ3) is 3.48. The van der Waals surface area contributed by atoms with Crippen LogP contribution in [0.2, 0.25) is 0 Å². The maximum absolute atomic E-state index is 11.5. The highest BCUT2D eigenvalue weighted by molar-refractivity contribution is 8.14. The van der Waals surface area contributed by atoms with E-state index in [1.165, 1.54) is 0 Å². The average Bonchev–Trinajstić information content (AvgIpc) is 3.28. The molecular weight excluding hydrogens is 368 g/mol. The molecule has 0 fully saturated rings. The second-order valence-corrected chi connectivity index (χ2v) is 7.78. The maximum atomic E-state index is 11.5. The van der Waals surface area contributed by atoms with Crippen molar-refractivity contribution in [2.45, 2.75) is 12.6 Å². The van der Waals surface area contributed by atoms with Gasteiger partial charge in [-0.15, -0.1) is 5.10 Å². The number of thioether (sulfide) groups is 1. The summed E-state index contributed by atoms with van der Waals surface area (Å²) in [6, 6.07) is 20.3. The zero-order valence-corrected chi connectivity index (χ0v) is 16.5. The van der Waals surface area contributed by atoms with Gasteiger partial charge in [-0.3, -0.25) is 5.10 Å². The number of anilines is 1. The zero-order chi connectivity index (χ0) is 19.6. The summed E-state index contributed by atoms with van der Waals surface area (Å²) in [6.45, 7) is 6.34. The van der Waals surface area contributed by atoms with Gasteiger partial charge in [0, 0.05) is 17.3 Å². The van der Waals surface area contributed by atoms with Crippen LogP contribution in [0.25, 0.3) is 11.1 Å². The molecule has 0 aliphatic carbocycles. The van der Waals surface area contributed by atoms with Crippen molar-refractivity contribution in [3.05, 3.63) is 84.6 Å². The van der Waals surface area contributed by atoms with Gasteiger partial charge in [0.15, 0.2) is 0 Å². The van der Waals surface area contributed by atoms with Gasteiger partial charge in [0.1, 0.15) is 6.54 Å². The number of rotatable bonds is 5. The minimum Gasteiger partial charge on any atom is -0.349 e. The molecule has 2 heterocycles. The van der Waals surface area contributed by atoms with Crippen LogP contribution < -0.4 is 5.32 Å². The molecule has 0 saturated heterocycles. The van der Waals surface area contributed by atoms with E-state index in [1.54, 1.807) is 17.8 Å². The number of aromatic nitrogens is 2. The Morgan fingerprint density at radius 3 is 2.57 bits per heavy atom. The Balaban J connectivity index is 1.66. The summed E-state index contributed by atoms with van der Waals surface area (Å²) in [4.78, 5) is 0. The zero-order valence-electron chi connectivity index (χ0n) is 15.7. The first-order valence-corrected chi connectivity index (χ1v) is 10.1. The minimum atomic E-state index is -1.11. The number of hydrogen-bond donors (Lipinski definition) is 3. The van der Waals surface area contributed by atoms with Gasteiger partial charge in [-0.2, -0.15) is 0 Å². The predicted molar refractivity (Wildman–Crippen MR) is 116 cm³/mol. The second-order valence-electron chi connectivity index (χ2n) is 6.81. The lowest BCUT2D eigenvalue weighted by Crippen LogP contribution is -2.40. The first kappa shape index (κ1) is 18.5. The summed E-state index contributed by atoms with van der Waals surface area (Å²) in [5, 5.41) is 22.9. The molecule has 1 unspecified atom stereocenters. The second kappa shape index (κ2) is 7.66. The molecule has 1 aliphatic heterocycles. The van der Waals surface area contributed by atoms with Gasteiger partial charge in [-0.05, 0) is 29.8 Å². The highest BCUT2D eigenvalue weighted by atomic mass is 32.2. The van der Waals surface area contributed by atoms with E-state index >= 15 is 0 Å². The van der Waals surface area contributed by atoms with Crippen LogP contribution in [0.3, 0.4) is 0 Å². The maximum Gasteiger partial charge on any atom is 0.315 e. The fraction of sp³-hybridized carbons (Fsp3) is 0.182. The first-order valence-electron chi connectivity index (χ1n) is 9.16. The molecule has 3 N–H and O–H groups in total. The van der Waals surface area contributed by atoms with Crippen molar-refractivity contribution in [3.8, 4) is 11.1 Å². The van der Waals surface area contributed by atoms with Crippen LogP contribution in [0.15, 0.2) is 73.3 Å². The molecule has 0 saturated carbocycles. The number of hydrogen-bond acceptors (Lipinski definition) is 4. The quantitative estimate of drug-likeness (QED) is 0.455. The van der Waals surface area contributed by atoms with E-state index < -0.39 is 5.72 Å². The average molecular weight is 392 g/mol. The number of aromatic amines is 1. The Bertz CT molecular complexity index is 1010. The van der Waals surface area contributed by atoms with E-state index in [-0.39, 0.29) is 0 Å². The van der Waals surface area contributed by atoms with Crippen molar-refractivity contribution in [1.29, 1.82) is 0 Å². The number of nitrogens with zero attached hydrogens (tertiary/aromatic N) is 2. The molecule has 1 aromatic heterocycles. The number of amidine groups is 1. The highest BCUT2D eigenvalue weighted by Gasteiger charge is 2.46. The third-order valence-electron chi connectivity index (χ3n) is 4.81. The lowest BCUT2D eigenvalue weighted by molar-refractivity contribution is -0.650. The van der Waals surface area contributed by atoms with Gasteiger partial charge in [-0.1, -0.05) is 67.3 Å². The number of H-pyrrole nitrogens is 1. The molecule has 0 spiro atoms. The van der Waals surface area contributed by atoms with E-state index in [2.05, 4.69) is 46.4 Å². The minimum absolute atomic E-state index is 0.523. The third-order valence-corrected chi connectivity index (χ3v) is 5.95. The summed E-state index contributed by atoms with van der Waals surface area (Å²) >= 11 is 1.58. The van der Waals surface area contributed by atoms with Gasteiger partial charge >= 0.3 is 5.17 Å². The van der Waals surface area contributed by atoms with E-state index in [0.717, 1.165) is 33.4 Å². The van der Waals surface area contributed by atoms with Crippen LogP contribution >= 0.6 is 11.8 Å². The van der Waals surface area contributed by atoms with Crippen LogP contribution in [-0.4, -0.2) is 37.3 Å². The number of aryl methyl sites for hydroxylation is 1. The van der Waals surface area contributed by atoms with Crippen molar-refractivity contribution in [1.82, 2.24) is 10.2 Å². The molecule has 3 aromatic rings. The molecule has 142 valence electrons. The lowest BCUT2D eigenvalue weighted by Gasteiger charge is -2.24. The smallest absolute Gasteiger partial charge is 0.315 e. The topological polar surface area (TPSA) is 64.0 Å². The van der Waals surface area contributed by atoms with Crippen molar-refractivity contribution < 1.29 is 9.68 Å². The van der Waals surface area contributed by atoms with Gasteiger partial charge in [0.25, 0.3) is 0 Å². The predicted octanol–water partition coefficient (Wildman–Crippen LogP) is 3.94. The number of benzene rings is 2.